The number of pyridine rings is 1. The van der Waals surface area contributed by atoms with E-state index in [0.29, 0.717) is 18.9 Å². The number of carbonyl (C=O) groups excluding carboxylic acids is 1. The minimum atomic E-state index is 0.0446. The largest absolute Gasteiger partial charge is 0.352 e. The van der Waals surface area contributed by atoms with Gasteiger partial charge in [-0.15, -0.1) is 0 Å². The van der Waals surface area contributed by atoms with Crippen LogP contribution in [0.15, 0.2) is 48.9 Å². The van der Waals surface area contributed by atoms with Crippen LogP contribution in [0.2, 0.25) is 0 Å². The summed E-state index contributed by atoms with van der Waals surface area (Å²) in [7, 11) is 2.01. The van der Waals surface area contributed by atoms with Gasteiger partial charge in [0.15, 0.2) is 0 Å². The second kappa shape index (κ2) is 6.11. The number of amides is 1. The summed E-state index contributed by atoms with van der Waals surface area (Å²) in [4.78, 5) is 16.6. The summed E-state index contributed by atoms with van der Waals surface area (Å²) in [6, 6.07) is 10.3. The van der Waals surface area contributed by atoms with Crippen LogP contribution in [0.5, 0.6) is 0 Å². The highest BCUT2D eigenvalue weighted by Crippen LogP contribution is 2.39. The fraction of sp³-hybridized carbons (Fsp3) is 0.300. The fourth-order valence-electron chi connectivity index (χ4n) is 3.25. The molecule has 1 fully saturated rings. The lowest BCUT2D eigenvalue weighted by molar-refractivity contribution is -0.120. The molecule has 0 bridgehead atoms. The van der Waals surface area contributed by atoms with Crippen molar-refractivity contribution in [2.45, 2.75) is 31.7 Å². The van der Waals surface area contributed by atoms with E-state index in [2.05, 4.69) is 33.1 Å². The Morgan fingerprint density at radius 2 is 2.12 bits per heavy atom. The molecule has 1 aromatic carbocycles. The van der Waals surface area contributed by atoms with E-state index in [1.165, 1.54) is 18.4 Å². The molecule has 0 unspecified atom stereocenters. The van der Waals surface area contributed by atoms with Gasteiger partial charge in [0.2, 0.25) is 5.91 Å². The minimum absolute atomic E-state index is 0.0446. The first-order valence-electron chi connectivity index (χ1n) is 8.44. The van der Waals surface area contributed by atoms with Crippen LogP contribution < -0.4 is 5.32 Å². The molecule has 3 aromatic rings. The molecule has 0 saturated heterocycles. The average Bonchev–Trinajstić information content (AvgIpc) is 3.40. The molecule has 2 heterocycles. The van der Waals surface area contributed by atoms with E-state index in [9.17, 15) is 4.79 Å². The van der Waals surface area contributed by atoms with Gasteiger partial charge in [0, 0.05) is 43.1 Å². The maximum atomic E-state index is 12.3. The minimum Gasteiger partial charge on any atom is -0.352 e. The fourth-order valence-corrected chi connectivity index (χ4v) is 3.25. The van der Waals surface area contributed by atoms with Gasteiger partial charge >= 0.3 is 0 Å². The lowest BCUT2D eigenvalue weighted by Gasteiger charge is -2.06. The standard InChI is InChI=1S/C20H21N3O/c1-23-13-17(18-4-2-3-5-19(18)23)9-20(24)22-11-14-8-16(12-21-10-14)15-6-7-15/h2-5,8,10,12-13,15H,6-7,9,11H2,1H3,(H,22,24). The molecule has 1 aliphatic rings. The Bertz CT molecular complexity index is 893. The van der Waals surface area contributed by atoms with Crippen LogP contribution in [0.4, 0.5) is 0 Å². The van der Waals surface area contributed by atoms with Gasteiger partial charge in [-0.1, -0.05) is 24.3 Å². The van der Waals surface area contributed by atoms with Gasteiger partial charge in [-0.3, -0.25) is 9.78 Å². The highest BCUT2D eigenvalue weighted by Gasteiger charge is 2.23. The zero-order valence-corrected chi connectivity index (χ0v) is 13.8. The highest BCUT2D eigenvalue weighted by molar-refractivity contribution is 5.89. The van der Waals surface area contributed by atoms with Crippen molar-refractivity contribution in [2.75, 3.05) is 0 Å². The third-order valence-corrected chi connectivity index (χ3v) is 4.68. The molecule has 0 spiro atoms. The summed E-state index contributed by atoms with van der Waals surface area (Å²) in [5, 5.41) is 4.17. The first-order chi connectivity index (χ1) is 11.7. The summed E-state index contributed by atoms with van der Waals surface area (Å²) < 4.78 is 2.07. The molecule has 4 nitrogen and oxygen atoms in total. The number of carbonyl (C=O) groups is 1. The van der Waals surface area contributed by atoms with Gasteiger partial charge < -0.3 is 9.88 Å². The summed E-state index contributed by atoms with van der Waals surface area (Å²) in [5.74, 6) is 0.729. The Morgan fingerprint density at radius 1 is 1.29 bits per heavy atom. The van der Waals surface area contributed by atoms with Crippen LogP contribution in [-0.4, -0.2) is 15.5 Å². The summed E-state index contributed by atoms with van der Waals surface area (Å²) in [5.41, 5.74) is 4.60. The summed E-state index contributed by atoms with van der Waals surface area (Å²) in [6.07, 6.45) is 8.75. The number of aryl methyl sites for hydroxylation is 1. The van der Waals surface area contributed by atoms with Crippen LogP contribution in [-0.2, 0) is 24.8 Å². The molecule has 1 N–H and O–H groups in total. The van der Waals surface area contributed by atoms with E-state index >= 15 is 0 Å². The molecule has 122 valence electrons. The molecule has 1 saturated carbocycles. The smallest absolute Gasteiger partial charge is 0.224 e. The molecular formula is C20H21N3O. The lowest BCUT2D eigenvalue weighted by atomic mass is 10.1. The molecule has 1 amide bonds. The summed E-state index contributed by atoms with van der Waals surface area (Å²) >= 11 is 0. The van der Waals surface area contributed by atoms with Gasteiger partial charge in [-0.25, -0.2) is 0 Å². The third kappa shape index (κ3) is 3.04. The van der Waals surface area contributed by atoms with Crippen molar-refractivity contribution < 1.29 is 4.79 Å². The Hall–Kier alpha value is -2.62. The third-order valence-electron chi connectivity index (χ3n) is 4.68. The maximum Gasteiger partial charge on any atom is 0.224 e. The van der Waals surface area contributed by atoms with Crippen molar-refractivity contribution in [2.24, 2.45) is 7.05 Å². The zero-order chi connectivity index (χ0) is 16.5. The van der Waals surface area contributed by atoms with E-state index < -0.39 is 0 Å². The van der Waals surface area contributed by atoms with Crippen LogP contribution in [0.25, 0.3) is 10.9 Å². The van der Waals surface area contributed by atoms with Crippen molar-refractivity contribution in [3.05, 3.63) is 65.6 Å². The van der Waals surface area contributed by atoms with E-state index in [4.69, 9.17) is 0 Å². The van der Waals surface area contributed by atoms with Gasteiger partial charge in [0.05, 0.1) is 6.42 Å². The molecule has 0 aliphatic heterocycles. The molecule has 1 aliphatic carbocycles. The second-order valence-corrected chi connectivity index (χ2v) is 6.64. The quantitative estimate of drug-likeness (QED) is 0.784. The molecule has 2 aromatic heterocycles. The molecular weight excluding hydrogens is 298 g/mol. The van der Waals surface area contributed by atoms with E-state index in [0.717, 1.165) is 22.0 Å². The number of rotatable bonds is 5. The first-order valence-corrected chi connectivity index (χ1v) is 8.44. The van der Waals surface area contributed by atoms with Crippen molar-refractivity contribution in [1.29, 1.82) is 0 Å². The predicted octanol–water partition coefficient (Wildman–Crippen LogP) is 3.31. The Kier molecular flexibility index (Phi) is 3.81. The number of nitrogens with zero attached hydrogens (tertiary/aromatic N) is 2. The SMILES string of the molecule is Cn1cc(CC(=O)NCc2cncc(C3CC3)c2)c2ccccc21. The van der Waals surface area contributed by atoms with Crippen molar-refractivity contribution in [3.63, 3.8) is 0 Å². The normalized spacial score (nSPS) is 14.0. The second-order valence-electron chi connectivity index (χ2n) is 6.64. The number of fused-ring (bicyclic) bond motifs is 1. The van der Waals surface area contributed by atoms with E-state index in [1.807, 2.05) is 37.8 Å². The first kappa shape index (κ1) is 14.9. The Labute approximate surface area is 141 Å². The number of aromatic nitrogens is 2. The molecule has 4 rings (SSSR count). The highest BCUT2D eigenvalue weighted by atomic mass is 16.1. The number of para-hydroxylation sites is 1. The van der Waals surface area contributed by atoms with Crippen molar-refractivity contribution in [3.8, 4) is 0 Å². The monoisotopic (exact) mass is 319 g/mol. The predicted molar refractivity (Wildman–Crippen MR) is 94.7 cm³/mol. The number of benzene rings is 1. The number of nitrogens with one attached hydrogen (secondary N) is 1. The molecule has 0 radical (unpaired) electrons. The average molecular weight is 319 g/mol. The van der Waals surface area contributed by atoms with Crippen LogP contribution in [0.1, 0.15) is 35.4 Å². The summed E-state index contributed by atoms with van der Waals surface area (Å²) in [6.45, 7) is 0.539. The van der Waals surface area contributed by atoms with E-state index in [1.54, 1.807) is 0 Å². The maximum absolute atomic E-state index is 12.3. The number of hydrogen-bond acceptors (Lipinski definition) is 2. The van der Waals surface area contributed by atoms with Gasteiger partial charge in [0.1, 0.15) is 0 Å². The lowest BCUT2D eigenvalue weighted by Crippen LogP contribution is -2.24. The van der Waals surface area contributed by atoms with Crippen molar-refractivity contribution >= 4 is 16.8 Å². The van der Waals surface area contributed by atoms with E-state index in [-0.39, 0.29) is 5.91 Å². The van der Waals surface area contributed by atoms with Crippen LogP contribution in [0, 0.1) is 0 Å². The Balaban J connectivity index is 1.42. The molecule has 24 heavy (non-hydrogen) atoms. The molecule has 4 heteroatoms. The van der Waals surface area contributed by atoms with Gasteiger partial charge in [-0.05, 0) is 41.5 Å². The van der Waals surface area contributed by atoms with Crippen LogP contribution >= 0.6 is 0 Å². The van der Waals surface area contributed by atoms with Crippen LogP contribution in [0.3, 0.4) is 0 Å². The Morgan fingerprint density at radius 3 is 2.96 bits per heavy atom. The van der Waals surface area contributed by atoms with Crippen molar-refractivity contribution in [1.82, 2.24) is 14.9 Å². The molecule has 0 atom stereocenters. The zero-order valence-electron chi connectivity index (χ0n) is 13.8. The topological polar surface area (TPSA) is 46.9 Å². The number of hydrogen-bond donors (Lipinski definition) is 1. The van der Waals surface area contributed by atoms with Gasteiger partial charge in [0.25, 0.3) is 0 Å². The van der Waals surface area contributed by atoms with Gasteiger partial charge in [-0.2, -0.15) is 0 Å².